The van der Waals surface area contributed by atoms with E-state index in [1.54, 1.807) is 42.5 Å². The van der Waals surface area contributed by atoms with Gasteiger partial charge in [0.05, 0.1) is 30.4 Å². The van der Waals surface area contributed by atoms with Crippen molar-refractivity contribution < 1.29 is 24.2 Å². The number of carbonyl (C=O) groups excluding carboxylic acids is 2. The van der Waals surface area contributed by atoms with Crippen LogP contribution in [0.4, 0.5) is 5.69 Å². The molecule has 1 saturated heterocycles. The van der Waals surface area contributed by atoms with Crippen LogP contribution in [-0.4, -0.2) is 30.5 Å². The first kappa shape index (κ1) is 24.4. The van der Waals surface area contributed by atoms with Gasteiger partial charge in [0.15, 0.2) is 0 Å². The Bertz CT molecular complexity index is 1300. The number of para-hydroxylation sites is 1. The molecule has 1 atom stereocenters. The summed E-state index contributed by atoms with van der Waals surface area (Å²) in [5.41, 5.74) is 2.50. The van der Waals surface area contributed by atoms with Crippen molar-refractivity contribution in [2.24, 2.45) is 0 Å². The van der Waals surface area contributed by atoms with Gasteiger partial charge in [-0.1, -0.05) is 48.9 Å². The number of aryl methyl sites for hydroxylation is 1. The van der Waals surface area contributed by atoms with Gasteiger partial charge >= 0.3 is 0 Å². The molecule has 1 fully saturated rings. The fraction of sp³-hybridized carbons (Fsp3) is 0.214. The van der Waals surface area contributed by atoms with E-state index in [4.69, 9.17) is 21.1 Å². The number of benzene rings is 3. The van der Waals surface area contributed by atoms with Crippen LogP contribution in [0.1, 0.15) is 36.6 Å². The molecule has 1 aliphatic rings. The molecule has 1 N–H and O–H groups in total. The number of carbonyl (C=O) groups is 2. The van der Waals surface area contributed by atoms with Gasteiger partial charge in [0.1, 0.15) is 17.3 Å². The van der Waals surface area contributed by atoms with Crippen LogP contribution in [0, 0.1) is 0 Å². The Morgan fingerprint density at radius 2 is 1.71 bits per heavy atom. The molecule has 3 aromatic rings. The van der Waals surface area contributed by atoms with Crippen molar-refractivity contribution in [1.82, 2.24) is 0 Å². The van der Waals surface area contributed by atoms with E-state index >= 15 is 0 Å². The number of halogens is 1. The fourth-order valence-corrected chi connectivity index (χ4v) is 4.42. The van der Waals surface area contributed by atoms with Crippen molar-refractivity contribution in [1.29, 1.82) is 0 Å². The summed E-state index contributed by atoms with van der Waals surface area (Å²) in [5.74, 6) is -0.968. The number of methoxy groups -OCH3 is 1. The topological polar surface area (TPSA) is 76.1 Å². The number of ether oxygens (including phenoxy) is 2. The van der Waals surface area contributed by atoms with Crippen LogP contribution in [0.3, 0.4) is 0 Å². The maximum Gasteiger partial charge on any atom is 0.300 e. The molecular formula is C28H26ClNO5. The molecule has 0 saturated carbocycles. The first-order valence-electron chi connectivity index (χ1n) is 11.4. The molecule has 3 aromatic carbocycles. The van der Waals surface area contributed by atoms with Gasteiger partial charge in [-0.25, -0.2) is 0 Å². The Labute approximate surface area is 209 Å². The van der Waals surface area contributed by atoms with Gasteiger partial charge in [-0.2, -0.15) is 0 Å². The second-order valence-corrected chi connectivity index (χ2v) is 8.42. The highest BCUT2D eigenvalue weighted by Crippen LogP contribution is 2.45. The normalized spacial score (nSPS) is 17.0. The van der Waals surface area contributed by atoms with E-state index in [1.165, 1.54) is 12.0 Å². The van der Waals surface area contributed by atoms with Gasteiger partial charge in [-0.15, -0.1) is 0 Å². The Morgan fingerprint density at radius 1 is 1.00 bits per heavy atom. The van der Waals surface area contributed by atoms with Crippen LogP contribution >= 0.6 is 11.6 Å². The molecule has 1 amide bonds. The molecule has 0 spiro atoms. The van der Waals surface area contributed by atoms with E-state index in [-0.39, 0.29) is 11.3 Å². The summed E-state index contributed by atoms with van der Waals surface area (Å²) in [7, 11) is 1.52. The zero-order valence-electron chi connectivity index (χ0n) is 19.7. The van der Waals surface area contributed by atoms with E-state index in [0.717, 1.165) is 12.0 Å². The highest BCUT2D eigenvalue weighted by Gasteiger charge is 2.47. The predicted molar refractivity (Wildman–Crippen MR) is 136 cm³/mol. The van der Waals surface area contributed by atoms with Crippen molar-refractivity contribution >= 4 is 34.7 Å². The third-order valence-electron chi connectivity index (χ3n) is 6.01. The monoisotopic (exact) mass is 491 g/mol. The van der Waals surface area contributed by atoms with Crippen LogP contribution in [-0.2, 0) is 16.0 Å². The number of amides is 1. The molecular weight excluding hydrogens is 466 g/mol. The zero-order valence-corrected chi connectivity index (χ0v) is 20.5. The smallest absolute Gasteiger partial charge is 0.300 e. The van der Waals surface area contributed by atoms with Crippen molar-refractivity contribution in [2.45, 2.75) is 26.3 Å². The van der Waals surface area contributed by atoms with E-state index in [2.05, 4.69) is 0 Å². The standard InChI is InChI=1S/C28H26ClNO5/c1-4-17-10-13-19(14-11-17)30-25(20-8-6-7-9-22(20)34-3)24(27(32)28(30)33)26(31)18-12-15-21(29)23(16-18)35-5-2/h6-16,25,31H,4-5H2,1-3H3/b26-24+. The molecule has 0 aliphatic carbocycles. The van der Waals surface area contributed by atoms with Crippen LogP contribution in [0.5, 0.6) is 11.5 Å². The Morgan fingerprint density at radius 3 is 2.37 bits per heavy atom. The van der Waals surface area contributed by atoms with E-state index in [1.807, 2.05) is 38.1 Å². The minimum atomic E-state index is -0.898. The molecule has 35 heavy (non-hydrogen) atoms. The largest absolute Gasteiger partial charge is 0.507 e. The van der Waals surface area contributed by atoms with Gasteiger partial charge in [0.2, 0.25) is 0 Å². The third kappa shape index (κ3) is 4.49. The van der Waals surface area contributed by atoms with Crippen molar-refractivity contribution in [3.63, 3.8) is 0 Å². The number of Topliss-reactive ketones (excluding diaryl/α,β-unsaturated/α-hetero) is 1. The number of rotatable bonds is 7. The maximum absolute atomic E-state index is 13.4. The minimum Gasteiger partial charge on any atom is -0.507 e. The summed E-state index contributed by atoms with van der Waals surface area (Å²) in [6.45, 7) is 4.24. The lowest BCUT2D eigenvalue weighted by Gasteiger charge is -2.26. The summed E-state index contributed by atoms with van der Waals surface area (Å²) in [4.78, 5) is 28.1. The average Bonchev–Trinajstić information content (AvgIpc) is 3.15. The van der Waals surface area contributed by atoms with Gasteiger partial charge in [-0.3, -0.25) is 14.5 Å². The van der Waals surface area contributed by atoms with Crippen LogP contribution in [0.15, 0.2) is 72.3 Å². The molecule has 0 aromatic heterocycles. The number of aliphatic hydroxyl groups is 1. The van der Waals surface area contributed by atoms with Crippen LogP contribution in [0.25, 0.3) is 5.76 Å². The van der Waals surface area contributed by atoms with Gasteiger partial charge < -0.3 is 14.6 Å². The fourth-order valence-electron chi connectivity index (χ4n) is 4.25. The molecule has 6 nitrogen and oxygen atoms in total. The number of anilines is 1. The second kappa shape index (κ2) is 10.2. The van der Waals surface area contributed by atoms with E-state index in [9.17, 15) is 14.7 Å². The highest BCUT2D eigenvalue weighted by molar-refractivity contribution is 6.51. The molecule has 1 unspecified atom stereocenters. The zero-order chi connectivity index (χ0) is 25.1. The molecule has 1 aliphatic heterocycles. The van der Waals surface area contributed by atoms with Crippen molar-refractivity contribution in [2.75, 3.05) is 18.6 Å². The van der Waals surface area contributed by atoms with Gasteiger partial charge in [-0.05, 0) is 55.3 Å². The lowest BCUT2D eigenvalue weighted by Crippen LogP contribution is -2.29. The highest BCUT2D eigenvalue weighted by atomic mass is 35.5. The summed E-state index contributed by atoms with van der Waals surface area (Å²) in [5, 5.41) is 11.8. The molecule has 180 valence electrons. The molecule has 7 heteroatoms. The Balaban J connectivity index is 1.95. The molecule has 0 radical (unpaired) electrons. The molecule has 1 heterocycles. The minimum absolute atomic E-state index is 0.0381. The number of hydrogen-bond acceptors (Lipinski definition) is 5. The summed E-state index contributed by atoms with van der Waals surface area (Å²) in [6.07, 6.45) is 0.841. The summed E-state index contributed by atoms with van der Waals surface area (Å²) < 4.78 is 11.1. The first-order valence-corrected chi connectivity index (χ1v) is 11.7. The first-order chi connectivity index (χ1) is 16.9. The van der Waals surface area contributed by atoms with Gasteiger partial charge in [0, 0.05) is 16.8 Å². The average molecular weight is 492 g/mol. The molecule has 4 rings (SSSR count). The predicted octanol–water partition coefficient (Wildman–Crippen LogP) is 5.94. The number of nitrogens with zero attached hydrogens (tertiary/aromatic N) is 1. The number of hydrogen-bond donors (Lipinski definition) is 1. The Hall–Kier alpha value is -3.77. The third-order valence-corrected chi connectivity index (χ3v) is 6.32. The second-order valence-electron chi connectivity index (χ2n) is 8.01. The lowest BCUT2D eigenvalue weighted by molar-refractivity contribution is -0.132. The SMILES string of the molecule is CCOc1cc(/C(O)=C2\C(=O)C(=O)N(c3ccc(CC)cc3)C2c2ccccc2OC)ccc1Cl. The lowest BCUT2D eigenvalue weighted by atomic mass is 9.94. The number of aliphatic hydroxyl groups excluding tert-OH is 1. The quantitative estimate of drug-likeness (QED) is 0.251. The van der Waals surface area contributed by atoms with Crippen LogP contribution in [0.2, 0.25) is 5.02 Å². The summed E-state index contributed by atoms with van der Waals surface area (Å²) >= 11 is 6.21. The maximum atomic E-state index is 13.4. The molecule has 0 bridgehead atoms. The van der Waals surface area contributed by atoms with Crippen LogP contribution < -0.4 is 14.4 Å². The number of ketones is 1. The van der Waals surface area contributed by atoms with Crippen molar-refractivity contribution in [3.8, 4) is 11.5 Å². The van der Waals surface area contributed by atoms with Gasteiger partial charge in [0.25, 0.3) is 11.7 Å². The Kier molecular flexibility index (Phi) is 7.12. The van der Waals surface area contributed by atoms with Crippen molar-refractivity contribution in [3.05, 3.63) is 94.0 Å². The van der Waals surface area contributed by atoms with E-state index in [0.29, 0.717) is 39.9 Å². The van der Waals surface area contributed by atoms with E-state index < -0.39 is 17.7 Å². The summed E-state index contributed by atoms with van der Waals surface area (Å²) in [6, 6.07) is 18.4.